The van der Waals surface area contributed by atoms with Crippen molar-refractivity contribution in [2.75, 3.05) is 18.2 Å². The molecule has 1 heterocycles. The number of carbonyl (C=O) groups excluding carboxylic acids is 1. The lowest BCUT2D eigenvalue weighted by Gasteiger charge is -2.07. The van der Waals surface area contributed by atoms with Crippen LogP contribution in [0.1, 0.15) is 10.6 Å². The van der Waals surface area contributed by atoms with Crippen LogP contribution in [-0.2, 0) is 0 Å². The van der Waals surface area contributed by atoms with Gasteiger partial charge in [0.25, 0.3) is 5.91 Å². The Morgan fingerprint density at radius 3 is 2.70 bits per heavy atom. The molecule has 0 radical (unpaired) electrons. The maximum absolute atomic E-state index is 11.8. The van der Waals surface area contributed by atoms with E-state index in [9.17, 15) is 14.9 Å². The minimum atomic E-state index is -0.720. The number of furan rings is 1. The number of hydrogen-bond acceptors (Lipinski definition) is 6. The molecule has 1 amide bonds. The highest BCUT2D eigenvalue weighted by Gasteiger charge is 2.17. The van der Waals surface area contributed by atoms with Crippen LogP contribution in [0.25, 0.3) is 0 Å². The zero-order valence-electron chi connectivity index (χ0n) is 10.5. The minimum absolute atomic E-state index is 0.161. The van der Waals surface area contributed by atoms with Crippen LogP contribution >= 0.6 is 0 Å². The van der Waals surface area contributed by atoms with Crippen LogP contribution < -0.4 is 15.8 Å². The molecule has 8 heteroatoms. The average Bonchev–Trinajstić information content (AvgIpc) is 2.88. The number of anilines is 2. The molecule has 2 aromatic rings. The topological polar surface area (TPSA) is 121 Å². The van der Waals surface area contributed by atoms with E-state index in [2.05, 4.69) is 5.32 Å². The summed E-state index contributed by atoms with van der Waals surface area (Å²) in [6.07, 6.45) is 0. The van der Waals surface area contributed by atoms with Crippen LogP contribution in [0.2, 0.25) is 0 Å². The van der Waals surface area contributed by atoms with Crippen molar-refractivity contribution in [1.82, 2.24) is 0 Å². The van der Waals surface area contributed by atoms with Crippen molar-refractivity contribution in [1.29, 1.82) is 0 Å². The molecule has 0 aliphatic rings. The van der Waals surface area contributed by atoms with Crippen molar-refractivity contribution in [2.45, 2.75) is 0 Å². The third-order valence-corrected chi connectivity index (χ3v) is 2.48. The lowest BCUT2D eigenvalue weighted by Crippen LogP contribution is -2.11. The number of amides is 1. The molecule has 1 aromatic heterocycles. The van der Waals surface area contributed by atoms with E-state index in [1.807, 2.05) is 0 Å². The first kappa shape index (κ1) is 13.4. The van der Waals surface area contributed by atoms with Crippen LogP contribution in [0.3, 0.4) is 0 Å². The summed E-state index contributed by atoms with van der Waals surface area (Å²) in [7, 11) is 1.48. The highest BCUT2D eigenvalue weighted by molar-refractivity contribution is 6.02. The number of ether oxygens (including phenoxy) is 1. The van der Waals surface area contributed by atoms with Gasteiger partial charge in [0.2, 0.25) is 0 Å². The molecule has 2 rings (SSSR count). The van der Waals surface area contributed by atoms with Gasteiger partial charge in [-0.15, -0.1) is 0 Å². The van der Waals surface area contributed by atoms with Crippen LogP contribution in [0.4, 0.5) is 17.3 Å². The molecule has 0 spiro atoms. The lowest BCUT2D eigenvalue weighted by molar-refractivity contribution is -0.402. The predicted octanol–water partition coefficient (Wildman–Crippen LogP) is 2.03. The number of nitrogens with two attached hydrogens (primary N) is 1. The molecule has 8 nitrogen and oxygen atoms in total. The van der Waals surface area contributed by atoms with Crippen LogP contribution in [0, 0.1) is 10.1 Å². The molecule has 0 saturated carbocycles. The van der Waals surface area contributed by atoms with Gasteiger partial charge in [0.1, 0.15) is 10.7 Å². The van der Waals surface area contributed by atoms with E-state index < -0.39 is 16.7 Å². The number of nitrogens with one attached hydrogen (secondary N) is 1. The van der Waals surface area contributed by atoms with Crippen LogP contribution in [-0.4, -0.2) is 17.9 Å². The van der Waals surface area contributed by atoms with Crippen LogP contribution in [0.15, 0.2) is 34.7 Å². The van der Waals surface area contributed by atoms with Gasteiger partial charge in [-0.05, 0) is 24.3 Å². The quantitative estimate of drug-likeness (QED) is 0.501. The van der Waals surface area contributed by atoms with Gasteiger partial charge < -0.3 is 20.2 Å². The Morgan fingerprint density at radius 1 is 1.40 bits per heavy atom. The first-order chi connectivity index (χ1) is 9.51. The summed E-state index contributed by atoms with van der Waals surface area (Å²) in [5.74, 6) is -0.783. The SMILES string of the molecule is COc1ccc(NC(=O)c2ccc([N+](=O)[O-])o2)cc1N. The molecule has 20 heavy (non-hydrogen) atoms. The van der Waals surface area contributed by atoms with Crippen molar-refractivity contribution in [2.24, 2.45) is 0 Å². The van der Waals surface area contributed by atoms with E-state index in [0.717, 1.165) is 6.07 Å². The summed E-state index contributed by atoms with van der Waals surface area (Å²) in [5, 5.41) is 13.0. The minimum Gasteiger partial charge on any atom is -0.495 e. The number of carbonyl (C=O) groups is 1. The van der Waals surface area contributed by atoms with Crippen molar-refractivity contribution in [3.63, 3.8) is 0 Å². The van der Waals surface area contributed by atoms with Gasteiger partial charge in [0.15, 0.2) is 5.76 Å². The number of methoxy groups -OCH3 is 1. The Kier molecular flexibility index (Phi) is 3.56. The Hall–Kier alpha value is -3.03. The van der Waals surface area contributed by atoms with E-state index in [-0.39, 0.29) is 5.76 Å². The summed E-state index contributed by atoms with van der Waals surface area (Å²) in [4.78, 5) is 21.6. The molecule has 0 atom stereocenters. The molecular weight excluding hydrogens is 266 g/mol. The fourth-order valence-corrected chi connectivity index (χ4v) is 1.55. The molecule has 0 saturated heterocycles. The third kappa shape index (κ3) is 2.69. The Morgan fingerprint density at radius 2 is 2.15 bits per heavy atom. The van der Waals surface area contributed by atoms with Gasteiger partial charge in [-0.1, -0.05) is 0 Å². The standard InChI is InChI=1S/C12H11N3O5/c1-19-9-3-2-7(6-8(9)13)14-12(16)10-4-5-11(20-10)15(17)18/h2-6H,13H2,1H3,(H,14,16). The number of benzene rings is 1. The third-order valence-electron chi connectivity index (χ3n) is 2.48. The maximum Gasteiger partial charge on any atom is 0.433 e. The van der Waals surface area contributed by atoms with Gasteiger partial charge in [0.05, 0.1) is 18.9 Å². The molecule has 3 N–H and O–H groups in total. The fraction of sp³-hybridized carbons (Fsp3) is 0.0833. The summed E-state index contributed by atoms with van der Waals surface area (Å²) in [6.45, 7) is 0. The van der Waals surface area contributed by atoms with Crippen molar-refractivity contribution in [3.05, 3.63) is 46.2 Å². The van der Waals surface area contributed by atoms with Crippen molar-refractivity contribution < 1.29 is 18.9 Å². The summed E-state index contributed by atoms with van der Waals surface area (Å²) >= 11 is 0. The van der Waals surface area contributed by atoms with Gasteiger partial charge >= 0.3 is 5.88 Å². The Balaban J connectivity index is 2.14. The lowest BCUT2D eigenvalue weighted by atomic mass is 10.2. The molecule has 0 fully saturated rings. The van der Waals surface area contributed by atoms with Gasteiger partial charge in [-0.25, -0.2) is 0 Å². The van der Waals surface area contributed by atoms with E-state index in [4.69, 9.17) is 14.9 Å². The first-order valence-corrected chi connectivity index (χ1v) is 5.50. The Labute approximate surface area is 113 Å². The molecule has 0 aliphatic heterocycles. The highest BCUT2D eigenvalue weighted by atomic mass is 16.6. The maximum atomic E-state index is 11.8. The van der Waals surface area contributed by atoms with Crippen molar-refractivity contribution >= 4 is 23.2 Å². The zero-order valence-corrected chi connectivity index (χ0v) is 10.5. The molecular formula is C12H11N3O5. The zero-order chi connectivity index (χ0) is 14.7. The molecule has 104 valence electrons. The Bertz CT molecular complexity index is 665. The smallest absolute Gasteiger partial charge is 0.433 e. The van der Waals surface area contributed by atoms with Gasteiger partial charge in [0, 0.05) is 5.69 Å². The van der Waals surface area contributed by atoms with E-state index in [1.165, 1.54) is 19.2 Å². The second-order valence-electron chi connectivity index (χ2n) is 3.81. The van der Waals surface area contributed by atoms with E-state index in [0.29, 0.717) is 17.1 Å². The second-order valence-corrected chi connectivity index (χ2v) is 3.81. The second kappa shape index (κ2) is 5.31. The van der Waals surface area contributed by atoms with Gasteiger partial charge in [-0.2, -0.15) is 0 Å². The first-order valence-electron chi connectivity index (χ1n) is 5.50. The number of hydrogen-bond donors (Lipinski definition) is 2. The predicted molar refractivity (Wildman–Crippen MR) is 70.7 cm³/mol. The average molecular weight is 277 g/mol. The normalized spacial score (nSPS) is 10.1. The largest absolute Gasteiger partial charge is 0.495 e. The summed E-state index contributed by atoms with van der Waals surface area (Å²) in [6, 6.07) is 7.02. The summed E-state index contributed by atoms with van der Waals surface area (Å²) < 4.78 is 9.78. The van der Waals surface area contributed by atoms with Crippen molar-refractivity contribution in [3.8, 4) is 5.75 Å². The molecule has 1 aromatic carbocycles. The van der Waals surface area contributed by atoms with E-state index in [1.54, 1.807) is 12.1 Å². The van der Waals surface area contributed by atoms with E-state index >= 15 is 0 Å². The molecule has 0 bridgehead atoms. The monoisotopic (exact) mass is 277 g/mol. The van der Waals surface area contributed by atoms with Gasteiger partial charge in [-0.3, -0.25) is 14.9 Å². The summed E-state index contributed by atoms with van der Waals surface area (Å²) in [5.41, 5.74) is 6.48. The number of nitrogens with zero attached hydrogens (tertiary/aromatic N) is 1. The molecule has 0 aliphatic carbocycles. The number of nitrogen functional groups attached to an aromatic ring is 1. The number of nitro groups is 1. The number of rotatable bonds is 4. The fourth-order valence-electron chi connectivity index (χ4n) is 1.55. The van der Waals surface area contributed by atoms with Crippen LogP contribution in [0.5, 0.6) is 5.75 Å². The highest BCUT2D eigenvalue weighted by Crippen LogP contribution is 2.25. The molecule has 0 unspecified atom stereocenters.